The summed E-state index contributed by atoms with van der Waals surface area (Å²) >= 11 is 1.07. The van der Waals surface area contributed by atoms with Gasteiger partial charge in [0.2, 0.25) is 11.0 Å². The number of aromatic nitrogens is 3. The molecule has 0 fully saturated rings. The average molecular weight is 511 g/mol. The van der Waals surface area contributed by atoms with Crippen LogP contribution in [0.4, 0.5) is 13.6 Å². The lowest BCUT2D eigenvalue weighted by atomic mass is 10.1. The Kier molecular flexibility index (Phi) is 6.23. The zero-order valence-electron chi connectivity index (χ0n) is 19.3. The number of amides is 1. The van der Waals surface area contributed by atoms with Gasteiger partial charge < -0.3 is 14.4 Å². The van der Waals surface area contributed by atoms with Crippen LogP contribution in [0.1, 0.15) is 28.0 Å². The van der Waals surface area contributed by atoms with E-state index < -0.39 is 23.7 Å². The van der Waals surface area contributed by atoms with E-state index in [1.807, 2.05) is 12.1 Å². The number of carbonyl (C=O) groups is 2. The average Bonchev–Trinajstić information content (AvgIpc) is 3.60. The number of hydrogen-bond donors (Lipinski definition) is 0. The quantitative estimate of drug-likeness (QED) is 0.276. The number of benzene rings is 2. The zero-order valence-corrected chi connectivity index (χ0v) is 20.1. The number of aryl methyl sites for hydroxylation is 2. The molecule has 5 rings (SSSR count). The fourth-order valence-electron chi connectivity index (χ4n) is 3.78. The third-order valence-corrected chi connectivity index (χ3v) is 6.43. The largest absolute Gasteiger partial charge is 0.422 e. The van der Waals surface area contributed by atoms with Crippen molar-refractivity contribution in [2.75, 3.05) is 14.1 Å². The molecule has 1 amide bonds. The van der Waals surface area contributed by atoms with Gasteiger partial charge in [0.1, 0.15) is 5.75 Å². The van der Waals surface area contributed by atoms with E-state index in [0.29, 0.717) is 5.75 Å². The molecule has 8 nitrogen and oxygen atoms in total. The summed E-state index contributed by atoms with van der Waals surface area (Å²) in [6, 6.07) is 10.3. The molecule has 4 aromatic rings. The summed E-state index contributed by atoms with van der Waals surface area (Å²) < 4.78 is 39.3. The highest BCUT2D eigenvalue weighted by atomic mass is 32.1. The maximum Gasteiger partial charge on any atom is 0.416 e. The van der Waals surface area contributed by atoms with Crippen molar-refractivity contribution >= 4 is 23.4 Å². The predicted octanol–water partition coefficient (Wildman–Crippen LogP) is 5.04. The van der Waals surface area contributed by atoms with Gasteiger partial charge >= 0.3 is 12.1 Å². The first-order chi connectivity index (χ1) is 17.3. The summed E-state index contributed by atoms with van der Waals surface area (Å²) in [5.74, 6) is -2.25. The van der Waals surface area contributed by atoms with E-state index in [1.54, 1.807) is 6.07 Å². The minimum atomic E-state index is -1.04. The van der Waals surface area contributed by atoms with Crippen molar-refractivity contribution < 1.29 is 27.8 Å². The Balaban J connectivity index is 1.44. The lowest BCUT2D eigenvalue weighted by molar-refractivity contribution is 0.0729. The molecule has 0 radical (unpaired) electrons. The van der Waals surface area contributed by atoms with Crippen LogP contribution in [0.25, 0.3) is 16.4 Å². The van der Waals surface area contributed by atoms with Crippen LogP contribution in [0.15, 0.2) is 47.8 Å². The fraction of sp³-hybridized carbons (Fsp3) is 0.200. The maximum atomic E-state index is 13.8. The van der Waals surface area contributed by atoms with Crippen molar-refractivity contribution in [1.82, 2.24) is 19.7 Å². The van der Waals surface area contributed by atoms with Gasteiger partial charge in [-0.2, -0.15) is 9.78 Å². The number of esters is 1. The number of carbonyl (C=O) groups excluding carboxylic acids is 2. The van der Waals surface area contributed by atoms with Gasteiger partial charge in [0, 0.05) is 31.1 Å². The molecule has 0 saturated carbocycles. The maximum absolute atomic E-state index is 13.8. The molecule has 2 aromatic heterocycles. The van der Waals surface area contributed by atoms with Crippen molar-refractivity contribution in [3.05, 3.63) is 76.3 Å². The van der Waals surface area contributed by atoms with E-state index in [9.17, 15) is 18.4 Å². The van der Waals surface area contributed by atoms with Crippen LogP contribution in [0, 0.1) is 11.6 Å². The predicted molar refractivity (Wildman–Crippen MR) is 128 cm³/mol. The van der Waals surface area contributed by atoms with Gasteiger partial charge in [-0.05, 0) is 60.7 Å². The van der Waals surface area contributed by atoms with Crippen molar-refractivity contribution in [1.29, 1.82) is 0 Å². The summed E-state index contributed by atoms with van der Waals surface area (Å²) in [6.45, 7) is 0. The van der Waals surface area contributed by atoms with E-state index in [1.165, 1.54) is 52.3 Å². The second-order valence-corrected chi connectivity index (χ2v) is 9.20. The first-order valence-corrected chi connectivity index (χ1v) is 11.9. The van der Waals surface area contributed by atoms with Crippen LogP contribution >= 0.6 is 11.3 Å². The molecule has 1 aliphatic rings. The highest BCUT2D eigenvalue weighted by Gasteiger charge is 2.22. The van der Waals surface area contributed by atoms with E-state index in [2.05, 4.69) is 10.1 Å². The SMILES string of the molecule is CN(C)C(=O)Oc1cc(-c2ccc(F)c(F)c2)nn1-c1nc(C(=O)Oc2ccc3c(c2)CCC3)cs1. The molecule has 0 bridgehead atoms. The molecule has 0 aliphatic heterocycles. The molecule has 184 valence electrons. The van der Waals surface area contributed by atoms with Gasteiger partial charge in [-0.25, -0.2) is 23.4 Å². The number of ether oxygens (including phenoxy) is 2. The van der Waals surface area contributed by atoms with Crippen LogP contribution in [0.3, 0.4) is 0 Å². The highest BCUT2D eigenvalue weighted by Crippen LogP contribution is 2.30. The molecule has 0 atom stereocenters. The Morgan fingerprint density at radius 2 is 1.81 bits per heavy atom. The van der Waals surface area contributed by atoms with Crippen LogP contribution in [0.5, 0.6) is 11.6 Å². The smallest absolute Gasteiger partial charge is 0.416 e. The molecule has 0 N–H and O–H groups in total. The second kappa shape index (κ2) is 9.50. The zero-order chi connectivity index (χ0) is 25.4. The van der Waals surface area contributed by atoms with E-state index in [-0.39, 0.29) is 28.0 Å². The Morgan fingerprint density at radius 3 is 2.58 bits per heavy atom. The van der Waals surface area contributed by atoms with Crippen LogP contribution < -0.4 is 9.47 Å². The molecule has 0 saturated heterocycles. The second-order valence-electron chi connectivity index (χ2n) is 8.36. The third kappa shape index (κ3) is 4.69. The summed E-state index contributed by atoms with van der Waals surface area (Å²) in [5, 5.41) is 6.07. The first kappa shape index (κ1) is 23.6. The summed E-state index contributed by atoms with van der Waals surface area (Å²) in [6.07, 6.45) is 2.38. The number of halogens is 2. The highest BCUT2D eigenvalue weighted by molar-refractivity contribution is 7.12. The van der Waals surface area contributed by atoms with Crippen molar-refractivity contribution in [2.24, 2.45) is 0 Å². The topological polar surface area (TPSA) is 86.6 Å². The molecule has 0 spiro atoms. The van der Waals surface area contributed by atoms with Crippen molar-refractivity contribution in [3.63, 3.8) is 0 Å². The molecule has 2 aromatic carbocycles. The third-order valence-electron chi connectivity index (χ3n) is 5.61. The minimum absolute atomic E-state index is 0.0127. The van der Waals surface area contributed by atoms with Crippen molar-refractivity contribution in [2.45, 2.75) is 19.3 Å². The monoisotopic (exact) mass is 510 g/mol. The Labute approximate surface area is 208 Å². The first-order valence-electron chi connectivity index (χ1n) is 11.0. The van der Waals surface area contributed by atoms with E-state index in [4.69, 9.17) is 9.47 Å². The summed E-state index contributed by atoms with van der Waals surface area (Å²) in [5.41, 5.74) is 2.97. The van der Waals surface area contributed by atoms with E-state index >= 15 is 0 Å². The van der Waals surface area contributed by atoms with E-state index in [0.717, 1.165) is 42.7 Å². The van der Waals surface area contributed by atoms with Crippen LogP contribution in [0.2, 0.25) is 0 Å². The molecule has 2 heterocycles. The lowest BCUT2D eigenvalue weighted by Crippen LogP contribution is -2.26. The van der Waals surface area contributed by atoms with Gasteiger partial charge in [-0.3, -0.25) is 0 Å². The standard InChI is InChI=1S/C25H20F2N4O4S/c1-30(2)25(33)35-22-12-20(16-7-9-18(26)19(27)11-16)29-31(22)24-28-21(13-36-24)23(32)34-17-8-6-14-4-3-5-15(14)10-17/h6-13H,3-5H2,1-2H3. The fourth-order valence-corrected chi connectivity index (χ4v) is 4.52. The number of rotatable bonds is 5. The van der Waals surface area contributed by atoms with Gasteiger partial charge in [-0.15, -0.1) is 11.3 Å². The van der Waals surface area contributed by atoms with Gasteiger partial charge in [0.05, 0.1) is 5.69 Å². The van der Waals surface area contributed by atoms with Gasteiger partial charge in [0.15, 0.2) is 17.3 Å². The molecule has 0 unspecified atom stereocenters. The number of fused-ring (bicyclic) bond motifs is 1. The number of thiazole rings is 1. The summed E-state index contributed by atoms with van der Waals surface area (Å²) in [7, 11) is 3.02. The lowest BCUT2D eigenvalue weighted by Gasteiger charge is -2.10. The summed E-state index contributed by atoms with van der Waals surface area (Å²) in [4.78, 5) is 30.5. The molecular formula is C25H20F2N4O4S. The Bertz CT molecular complexity index is 1480. The normalized spacial score (nSPS) is 12.3. The Hall–Kier alpha value is -4.12. The Morgan fingerprint density at radius 1 is 1.00 bits per heavy atom. The van der Waals surface area contributed by atoms with Gasteiger partial charge in [-0.1, -0.05) is 6.07 Å². The van der Waals surface area contributed by atoms with Crippen LogP contribution in [-0.2, 0) is 12.8 Å². The molecular weight excluding hydrogens is 490 g/mol. The minimum Gasteiger partial charge on any atom is -0.422 e. The van der Waals surface area contributed by atoms with Gasteiger partial charge in [0.25, 0.3) is 0 Å². The number of hydrogen-bond acceptors (Lipinski definition) is 7. The van der Waals surface area contributed by atoms with Crippen LogP contribution in [-0.4, -0.2) is 45.8 Å². The molecule has 11 heteroatoms. The molecule has 36 heavy (non-hydrogen) atoms. The number of nitrogens with zero attached hydrogens (tertiary/aromatic N) is 4. The van der Waals surface area contributed by atoms with Crippen molar-refractivity contribution in [3.8, 4) is 28.0 Å². The molecule has 1 aliphatic carbocycles.